The highest BCUT2D eigenvalue weighted by Crippen LogP contribution is 2.29. The van der Waals surface area contributed by atoms with Crippen LogP contribution < -0.4 is 4.90 Å². The number of carbonyl (C=O) groups excluding carboxylic acids is 1. The van der Waals surface area contributed by atoms with Crippen molar-refractivity contribution in [3.8, 4) is 5.69 Å². The number of hydrogen-bond donors (Lipinski definition) is 0. The Morgan fingerprint density at radius 3 is 2.56 bits per heavy atom. The molecule has 1 fully saturated rings. The lowest BCUT2D eigenvalue weighted by Gasteiger charge is -2.27. The molecule has 2 aromatic heterocycles. The first-order chi connectivity index (χ1) is 15.6. The molecule has 0 aliphatic carbocycles. The van der Waals surface area contributed by atoms with Gasteiger partial charge in [-0.15, -0.1) is 10.2 Å². The summed E-state index contributed by atoms with van der Waals surface area (Å²) >= 11 is 1.45. The average Bonchev–Trinajstić information content (AvgIpc) is 3.38. The van der Waals surface area contributed by atoms with Gasteiger partial charge in [-0.1, -0.05) is 30.0 Å². The van der Waals surface area contributed by atoms with Crippen LogP contribution in [-0.2, 0) is 11.3 Å². The maximum absolute atomic E-state index is 13.1. The number of methoxy groups -OCH3 is 1. The fraction of sp³-hybridized carbons (Fsp3) is 0.458. The van der Waals surface area contributed by atoms with Gasteiger partial charge in [0.05, 0.1) is 18.0 Å². The summed E-state index contributed by atoms with van der Waals surface area (Å²) in [4.78, 5) is 15.4. The molecule has 0 saturated carbocycles. The van der Waals surface area contributed by atoms with Crippen molar-refractivity contribution in [2.45, 2.75) is 44.8 Å². The molecule has 0 atom stereocenters. The van der Waals surface area contributed by atoms with Crippen molar-refractivity contribution in [1.82, 2.24) is 19.3 Å². The van der Waals surface area contributed by atoms with Gasteiger partial charge in [0.25, 0.3) is 0 Å². The Morgan fingerprint density at radius 1 is 1.09 bits per heavy atom. The van der Waals surface area contributed by atoms with Crippen LogP contribution >= 0.6 is 11.8 Å². The van der Waals surface area contributed by atoms with Gasteiger partial charge >= 0.3 is 0 Å². The molecule has 0 amide bonds. The van der Waals surface area contributed by atoms with E-state index in [9.17, 15) is 4.79 Å². The van der Waals surface area contributed by atoms with Crippen molar-refractivity contribution in [2.75, 3.05) is 37.5 Å². The summed E-state index contributed by atoms with van der Waals surface area (Å²) in [5, 5.41) is 9.75. The summed E-state index contributed by atoms with van der Waals surface area (Å²) in [5.41, 5.74) is 3.86. The highest BCUT2D eigenvalue weighted by Gasteiger charge is 2.23. The SMILES string of the molecule is COCCn1c(C)cc(C(=O)CSc2nnc(N3CCCCC3)n2-c2ccccc2)c1C. The van der Waals surface area contributed by atoms with E-state index in [1.54, 1.807) is 7.11 Å². The number of ether oxygens (including phenoxy) is 1. The molecule has 0 unspecified atom stereocenters. The van der Waals surface area contributed by atoms with Gasteiger partial charge in [-0.05, 0) is 51.3 Å². The molecule has 0 radical (unpaired) electrons. The number of Topliss-reactive ketones (excluding diaryl/α,β-unsaturated/α-hetero) is 1. The van der Waals surface area contributed by atoms with Gasteiger partial charge in [-0.3, -0.25) is 9.36 Å². The molecule has 3 aromatic rings. The van der Waals surface area contributed by atoms with Crippen LogP contribution in [0.1, 0.15) is 41.0 Å². The molecule has 1 saturated heterocycles. The maximum atomic E-state index is 13.1. The molecule has 4 rings (SSSR count). The Bertz CT molecular complexity index is 1050. The molecule has 1 aromatic carbocycles. The maximum Gasteiger partial charge on any atom is 0.232 e. The molecule has 3 heterocycles. The van der Waals surface area contributed by atoms with E-state index in [1.165, 1.54) is 31.0 Å². The molecule has 0 bridgehead atoms. The number of benzene rings is 1. The first-order valence-electron chi connectivity index (χ1n) is 11.2. The van der Waals surface area contributed by atoms with Crippen molar-refractivity contribution in [2.24, 2.45) is 0 Å². The minimum Gasteiger partial charge on any atom is -0.383 e. The number of anilines is 1. The van der Waals surface area contributed by atoms with Crippen LogP contribution in [0, 0.1) is 13.8 Å². The van der Waals surface area contributed by atoms with E-state index in [1.807, 2.05) is 38.1 Å². The lowest BCUT2D eigenvalue weighted by Crippen LogP contribution is -2.31. The molecule has 8 heteroatoms. The van der Waals surface area contributed by atoms with Gasteiger partial charge in [0, 0.05) is 43.7 Å². The van der Waals surface area contributed by atoms with Crippen LogP contribution in [0.4, 0.5) is 5.95 Å². The summed E-state index contributed by atoms with van der Waals surface area (Å²) in [7, 11) is 1.69. The van der Waals surface area contributed by atoms with Crippen LogP contribution in [-0.4, -0.2) is 57.7 Å². The van der Waals surface area contributed by atoms with Gasteiger partial charge in [0.2, 0.25) is 5.95 Å². The minimum absolute atomic E-state index is 0.105. The zero-order valence-corrected chi connectivity index (χ0v) is 19.9. The minimum atomic E-state index is 0.105. The first kappa shape index (κ1) is 22.6. The van der Waals surface area contributed by atoms with Crippen LogP contribution in [0.5, 0.6) is 0 Å². The third-order valence-corrected chi connectivity index (χ3v) is 6.92. The molecule has 0 spiro atoms. The Kier molecular flexibility index (Phi) is 7.32. The predicted molar refractivity (Wildman–Crippen MR) is 128 cm³/mol. The monoisotopic (exact) mass is 453 g/mol. The lowest BCUT2D eigenvalue weighted by molar-refractivity contribution is 0.102. The lowest BCUT2D eigenvalue weighted by atomic mass is 10.1. The van der Waals surface area contributed by atoms with Crippen LogP contribution in [0.15, 0.2) is 41.6 Å². The van der Waals surface area contributed by atoms with E-state index >= 15 is 0 Å². The number of thioether (sulfide) groups is 1. The summed E-state index contributed by atoms with van der Waals surface area (Å²) in [6.07, 6.45) is 3.59. The first-order valence-corrected chi connectivity index (χ1v) is 12.2. The van der Waals surface area contributed by atoms with Crippen molar-refractivity contribution in [1.29, 1.82) is 0 Å². The Balaban J connectivity index is 1.56. The second kappa shape index (κ2) is 10.4. The number of piperidine rings is 1. The quantitative estimate of drug-likeness (QED) is 0.356. The third kappa shape index (κ3) is 4.76. The Hall–Kier alpha value is -2.58. The fourth-order valence-corrected chi connectivity index (χ4v) is 5.11. The van der Waals surface area contributed by atoms with E-state index < -0.39 is 0 Å². The fourth-order valence-electron chi connectivity index (χ4n) is 4.28. The number of ketones is 1. The Labute approximate surface area is 193 Å². The largest absolute Gasteiger partial charge is 0.383 e. The van der Waals surface area contributed by atoms with Crippen molar-refractivity contribution >= 4 is 23.5 Å². The van der Waals surface area contributed by atoms with Gasteiger partial charge in [0.1, 0.15) is 0 Å². The normalized spacial score (nSPS) is 14.2. The van der Waals surface area contributed by atoms with E-state index in [0.717, 1.165) is 53.4 Å². The second-order valence-corrected chi connectivity index (χ2v) is 9.08. The number of nitrogens with zero attached hydrogens (tertiary/aromatic N) is 5. The van der Waals surface area contributed by atoms with Crippen LogP contribution in [0.2, 0.25) is 0 Å². The summed E-state index contributed by atoms with van der Waals surface area (Å²) in [6.45, 7) is 7.38. The molecular weight excluding hydrogens is 422 g/mol. The number of aromatic nitrogens is 4. The summed E-state index contributed by atoms with van der Waals surface area (Å²) in [5.74, 6) is 1.29. The highest BCUT2D eigenvalue weighted by molar-refractivity contribution is 7.99. The molecule has 1 aliphatic rings. The number of aryl methyl sites for hydroxylation is 1. The van der Waals surface area contributed by atoms with Crippen LogP contribution in [0.25, 0.3) is 5.69 Å². The summed E-state index contributed by atoms with van der Waals surface area (Å²) < 4.78 is 9.44. The van der Waals surface area contributed by atoms with E-state index in [4.69, 9.17) is 4.74 Å². The molecule has 0 N–H and O–H groups in total. The van der Waals surface area contributed by atoms with Crippen LogP contribution in [0.3, 0.4) is 0 Å². The second-order valence-electron chi connectivity index (χ2n) is 8.14. The molecule has 170 valence electrons. The number of para-hydroxylation sites is 1. The topological polar surface area (TPSA) is 65.2 Å². The van der Waals surface area contributed by atoms with Gasteiger partial charge in [0.15, 0.2) is 10.9 Å². The van der Waals surface area contributed by atoms with Gasteiger partial charge < -0.3 is 14.2 Å². The third-order valence-electron chi connectivity index (χ3n) is 6.00. The zero-order valence-electron chi connectivity index (χ0n) is 19.1. The summed E-state index contributed by atoms with van der Waals surface area (Å²) in [6, 6.07) is 12.1. The molecular formula is C24H31N5O2S. The van der Waals surface area contributed by atoms with E-state index in [0.29, 0.717) is 12.4 Å². The molecule has 1 aliphatic heterocycles. The standard InChI is InChI=1S/C24H31N5O2S/c1-18-16-21(19(2)28(18)14-15-31-3)22(30)17-32-24-26-25-23(27-12-8-5-9-13-27)29(24)20-10-6-4-7-11-20/h4,6-7,10-11,16H,5,8-9,12-15,17H2,1-3H3. The van der Waals surface area contributed by atoms with Gasteiger partial charge in [-0.2, -0.15) is 0 Å². The van der Waals surface area contributed by atoms with E-state index in [2.05, 4.69) is 36.4 Å². The predicted octanol–water partition coefficient (Wildman–Crippen LogP) is 4.30. The number of rotatable bonds is 9. The number of carbonyl (C=O) groups is 1. The Morgan fingerprint density at radius 2 is 1.84 bits per heavy atom. The van der Waals surface area contributed by atoms with Crippen molar-refractivity contribution in [3.63, 3.8) is 0 Å². The smallest absolute Gasteiger partial charge is 0.232 e. The zero-order chi connectivity index (χ0) is 22.5. The highest BCUT2D eigenvalue weighted by atomic mass is 32.2. The van der Waals surface area contributed by atoms with Crippen molar-refractivity contribution in [3.05, 3.63) is 53.3 Å². The molecule has 7 nitrogen and oxygen atoms in total. The van der Waals surface area contributed by atoms with E-state index in [-0.39, 0.29) is 5.78 Å². The number of hydrogen-bond acceptors (Lipinski definition) is 6. The molecule has 32 heavy (non-hydrogen) atoms. The average molecular weight is 454 g/mol. The van der Waals surface area contributed by atoms with Crippen molar-refractivity contribution < 1.29 is 9.53 Å². The van der Waals surface area contributed by atoms with Gasteiger partial charge in [-0.25, -0.2) is 0 Å².